The normalized spacial score (nSPS) is 10.5. The lowest BCUT2D eigenvalue weighted by molar-refractivity contribution is 0.0992. The van der Waals surface area contributed by atoms with E-state index >= 15 is 0 Å². The van der Waals surface area contributed by atoms with Crippen LogP contribution in [-0.4, -0.2) is 20.9 Å². The molecule has 0 aliphatic carbocycles. The van der Waals surface area contributed by atoms with E-state index < -0.39 is 0 Å². The highest BCUT2D eigenvalue weighted by atomic mass is 32.2. The highest BCUT2D eigenvalue weighted by molar-refractivity contribution is 8.01. The van der Waals surface area contributed by atoms with E-state index in [0.717, 1.165) is 10.2 Å². The molecule has 0 atom stereocenters. The van der Waals surface area contributed by atoms with E-state index in [1.54, 1.807) is 12.1 Å². The third-order valence-electron chi connectivity index (χ3n) is 1.63. The number of nitrogens with zero attached hydrogens (tertiary/aromatic N) is 2. The summed E-state index contributed by atoms with van der Waals surface area (Å²) in [4.78, 5) is 15.7. The van der Waals surface area contributed by atoms with Crippen molar-refractivity contribution >= 4 is 29.1 Å². The Kier molecular flexibility index (Phi) is 3.17. The summed E-state index contributed by atoms with van der Waals surface area (Å²) in [5, 5.41) is 0. The van der Waals surface area contributed by atoms with Gasteiger partial charge in [0.2, 0.25) is 5.78 Å². The highest BCUT2D eigenvalue weighted by Gasteiger charge is 2.10. The molecule has 0 N–H and O–H groups in total. The third-order valence-corrected chi connectivity index (χ3v) is 3.56. The Balaban J connectivity index is 1.91. The second kappa shape index (κ2) is 4.59. The van der Waals surface area contributed by atoms with Gasteiger partial charge in [-0.2, -0.15) is 4.37 Å². The van der Waals surface area contributed by atoms with Crippen LogP contribution in [0.3, 0.4) is 0 Å². The number of furan rings is 1. The van der Waals surface area contributed by atoms with E-state index in [4.69, 9.17) is 4.42 Å². The quantitative estimate of drug-likeness (QED) is 0.606. The van der Waals surface area contributed by atoms with Crippen LogP contribution >= 0.6 is 23.3 Å². The Morgan fingerprint density at radius 3 is 3.13 bits per heavy atom. The summed E-state index contributed by atoms with van der Waals surface area (Å²) in [6.45, 7) is 1.83. The van der Waals surface area contributed by atoms with E-state index in [1.165, 1.54) is 29.6 Å². The van der Waals surface area contributed by atoms with Crippen molar-refractivity contribution in [3.05, 3.63) is 30.0 Å². The van der Waals surface area contributed by atoms with Crippen molar-refractivity contribution < 1.29 is 9.21 Å². The van der Waals surface area contributed by atoms with Crippen molar-refractivity contribution in [2.75, 3.05) is 5.75 Å². The van der Waals surface area contributed by atoms with Crippen molar-refractivity contribution in [2.24, 2.45) is 0 Å². The molecular weight excluding hydrogens is 232 g/mol. The van der Waals surface area contributed by atoms with Gasteiger partial charge in [0.1, 0.15) is 5.82 Å². The molecule has 0 fully saturated rings. The molecule has 2 aromatic rings. The standard InChI is InChI=1S/C9H8N2O2S2/c1-6-10-9(15-11-6)14-5-7(12)8-3-2-4-13-8/h2-4H,5H2,1H3. The highest BCUT2D eigenvalue weighted by Crippen LogP contribution is 2.20. The Morgan fingerprint density at radius 2 is 2.53 bits per heavy atom. The van der Waals surface area contributed by atoms with E-state index in [-0.39, 0.29) is 5.78 Å². The molecule has 2 heterocycles. The van der Waals surface area contributed by atoms with Gasteiger partial charge in [-0.15, -0.1) is 0 Å². The van der Waals surface area contributed by atoms with E-state index in [9.17, 15) is 4.79 Å². The average Bonchev–Trinajstić information content (AvgIpc) is 2.84. The summed E-state index contributed by atoms with van der Waals surface area (Å²) in [6, 6.07) is 3.36. The van der Waals surface area contributed by atoms with Gasteiger partial charge < -0.3 is 4.42 Å². The molecule has 0 aliphatic heterocycles. The van der Waals surface area contributed by atoms with Crippen LogP contribution in [0.2, 0.25) is 0 Å². The maximum absolute atomic E-state index is 11.5. The number of hydrogen-bond donors (Lipinski definition) is 0. The van der Waals surface area contributed by atoms with Gasteiger partial charge in [0.25, 0.3) is 0 Å². The first kappa shape index (κ1) is 10.4. The lowest BCUT2D eigenvalue weighted by Gasteiger charge is -1.93. The number of aromatic nitrogens is 2. The van der Waals surface area contributed by atoms with Gasteiger partial charge in [0, 0.05) is 0 Å². The number of carbonyl (C=O) groups is 1. The smallest absolute Gasteiger partial charge is 0.208 e. The minimum Gasteiger partial charge on any atom is -0.461 e. The largest absolute Gasteiger partial charge is 0.461 e. The van der Waals surface area contributed by atoms with Gasteiger partial charge in [-0.1, -0.05) is 11.8 Å². The molecule has 0 saturated heterocycles. The number of carbonyl (C=O) groups excluding carboxylic acids is 1. The molecule has 0 amide bonds. The van der Waals surface area contributed by atoms with Crippen molar-refractivity contribution in [1.82, 2.24) is 9.36 Å². The van der Waals surface area contributed by atoms with Crippen molar-refractivity contribution in [3.63, 3.8) is 0 Å². The van der Waals surface area contributed by atoms with Crippen molar-refractivity contribution in [3.8, 4) is 0 Å². The summed E-state index contributed by atoms with van der Waals surface area (Å²) in [7, 11) is 0. The molecule has 0 radical (unpaired) electrons. The second-order valence-electron chi connectivity index (χ2n) is 2.80. The van der Waals surface area contributed by atoms with E-state index in [1.807, 2.05) is 6.92 Å². The molecule has 2 rings (SSSR count). The fraction of sp³-hybridized carbons (Fsp3) is 0.222. The fourth-order valence-electron chi connectivity index (χ4n) is 0.972. The van der Waals surface area contributed by atoms with E-state index in [2.05, 4.69) is 9.36 Å². The maximum Gasteiger partial charge on any atom is 0.208 e. The van der Waals surface area contributed by atoms with Crippen LogP contribution in [0.5, 0.6) is 0 Å². The molecule has 0 unspecified atom stereocenters. The molecule has 78 valence electrons. The number of hydrogen-bond acceptors (Lipinski definition) is 6. The van der Waals surface area contributed by atoms with Gasteiger partial charge >= 0.3 is 0 Å². The van der Waals surface area contributed by atoms with Crippen LogP contribution in [0.15, 0.2) is 27.2 Å². The fourth-order valence-corrected chi connectivity index (χ4v) is 2.49. The predicted molar refractivity (Wildman–Crippen MR) is 58.4 cm³/mol. The lowest BCUT2D eigenvalue weighted by atomic mass is 10.3. The molecular formula is C9H8N2O2S2. The molecule has 0 aliphatic rings. The zero-order chi connectivity index (χ0) is 10.7. The number of ketones is 1. The molecule has 2 aromatic heterocycles. The molecule has 4 nitrogen and oxygen atoms in total. The number of aryl methyl sites for hydroxylation is 1. The van der Waals surface area contributed by atoms with Gasteiger partial charge in [-0.05, 0) is 30.6 Å². The first-order valence-electron chi connectivity index (χ1n) is 4.25. The minimum atomic E-state index is -0.0298. The Hall–Kier alpha value is -1.14. The van der Waals surface area contributed by atoms with Crippen molar-refractivity contribution in [2.45, 2.75) is 11.3 Å². The predicted octanol–water partition coefficient (Wildman–Crippen LogP) is 2.41. The van der Waals surface area contributed by atoms with Crippen LogP contribution < -0.4 is 0 Å². The summed E-state index contributed by atoms with van der Waals surface area (Å²) in [5.41, 5.74) is 0. The first-order valence-corrected chi connectivity index (χ1v) is 6.01. The van der Waals surface area contributed by atoms with E-state index in [0.29, 0.717) is 11.5 Å². The lowest BCUT2D eigenvalue weighted by Crippen LogP contribution is -1.99. The SMILES string of the molecule is Cc1nsc(SCC(=O)c2ccco2)n1. The van der Waals surface area contributed by atoms with Crippen LogP contribution in [-0.2, 0) is 0 Å². The summed E-state index contributed by atoms with van der Waals surface area (Å²) in [6.07, 6.45) is 1.49. The average molecular weight is 240 g/mol. The Bertz CT molecular complexity index is 450. The summed E-state index contributed by atoms with van der Waals surface area (Å²) < 4.78 is 9.84. The molecule has 0 aromatic carbocycles. The van der Waals surface area contributed by atoms with Gasteiger partial charge in [-0.25, -0.2) is 4.98 Å². The summed E-state index contributed by atoms with van der Waals surface area (Å²) in [5.74, 6) is 1.44. The first-order chi connectivity index (χ1) is 7.25. The summed E-state index contributed by atoms with van der Waals surface area (Å²) >= 11 is 2.69. The van der Waals surface area contributed by atoms with Crippen LogP contribution in [0, 0.1) is 6.92 Å². The Labute approximate surface area is 94.9 Å². The number of Topliss-reactive ketones (excluding diaryl/α,β-unsaturated/α-hetero) is 1. The zero-order valence-electron chi connectivity index (χ0n) is 7.97. The molecule has 0 bridgehead atoms. The topological polar surface area (TPSA) is 56.0 Å². The molecule has 0 saturated carbocycles. The zero-order valence-corrected chi connectivity index (χ0v) is 9.60. The second-order valence-corrected chi connectivity index (χ2v) is 4.77. The molecule has 0 spiro atoms. The van der Waals surface area contributed by atoms with Crippen molar-refractivity contribution in [1.29, 1.82) is 0 Å². The molecule has 6 heteroatoms. The van der Waals surface area contributed by atoms with Crippen LogP contribution in [0.4, 0.5) is 0 Å². The number of thioether (sulfide) groups is 1. The van der Waals surface area contributed by atoms with Gasteiger partial charge in [0.15, 0.2) is 10.1 Å². The molecule has 15 heavy (non-hydrogen) atoms. The van der Waals surface area contributed by atoms with Crippen LogP contribution in [0.25, 0.3) is 0 Å². The number of rotatable bonds is 4. The van der Waals surface area contributed by atoms with Gasteiger partial charge in [0.05, 0.1) is 12.0 Å². The van der Waals surface area contributed by atoms with Crippen LogP contribution in [0.1, 0.15) is 16.4 Å². The Morgan fingerprint density at radius 1 is 1.67 bits per heavy atom. The van der Waals surface area contributed by atoms with Gasteiger partial charge in [-0.3, -0.25) is 4.79 Å². The maximum atomic E-state index is 11.5. The monoisotopic (exact) mass is 240 g/mol. The third kappa shape index (κ3) is 2.66. The minimum absolute atomic E-state index is 0.0298.